The summed E-state index contributed by atoms with van der Waals surface area (Å²) in [5.41, 5.74) is 4.34. The van der Waals surface area contributed by atoms with Crippen molar-refractivity contribution in [3.63, 3.8) is 0 Å². The van der Waals surface area contributed by atoms with Crippen LogP contribution < -0.4 is 0 Å². The third-order valence-electron chi connectivity index (χ3n) is 4.57. The van der Waals surface area contributed by atoms with Crippen molar-refractivity contribution in [3.05, 3.63) is 52.8 Å². The molecule has 5 nitrogen and oxygen atoms in total. The quantitative estimate of drug-likeness (QED) is 0.888. The second-order valence-corrected chi connectivity index (χ2v) is 7.06. The number of aromatic amines is 1. The fourth-order valence-corrected chi connectivity index (χ4v) is 3.00. The fraction of sp³-hybridized carbons (Fsp3) is 0.474. The van der Waals surface area contributed by atoms with Crippen LogP contribution in [0, 0.1) is 6.92 Å². The van der Waals surface area contributed by atoms with E-state index in [4.69, 9.17) is 0 Å². The van der Waals surface area contributed by atoms with Gasteiger partial charge in [-0.3, -0.25) is 14.8 Å². The molecule has 0 radical (unpaired) electrons. The summed E-state index contributed by atoms with van der Waals surface area (Å²) >= 11 is 0. The molecule has 3 rings (SSSR count). The van der Waals surface area contributed by atoms with E-state index in [9.17, 15) is 4.79 Å². The summed E-state index contributed by atoms with van der Waals surface area (Å²) in [4.78, 5) is 16.7. The van der Waals surface area contributed by atoms with E-state index in [0.717, 1.165) is 17.0 Å². The van der Waals surface area contributed by atoms with Gasteiger partial charge in [0.2, 0.25) is 5.91 Å². The van der Waals surface area contributed by atoms with Gasteiger partial charge in [0.25, 0.3) is 0 Å². The highest BCUT2D eigenvalue weighted by molar-refractivity contribution is 5.83. The smallest absolute Gasteiger partial charge is 0.244 e. The zero-order valence-electron chi connectivity index (χ0n) is 14.9. The Kier molecular flexibility index (Phi) is 4.71. The predicted molar refractivity (Wildman–Crippen MR) is 94.6 cm³/mol. The summed E-state index contributed by atoms with van der Waals surface area (Å²) in [5, 5.41) is 7.44. The van der Waals surface area contributed by atoms with Crippen LogP contribution in [0.25, 0.3) is 0 Å². The molecule has 0 unspecified atom stereocenters. The number of hydrogen-bond donors (Lipinski definition) is 1. The monoisotopic (exact) mass is 326 g/mol. The molecular formula is C19H26N4O. The van der Waals surface area contributed by atoms with Crippen molar-refractivity contribution >= 4 is 5.91 Å². The third-order valence-corrected chi connectivity index (χ3v) is 4.57. The molecule has 1 atom stereocenters. The maximum absolute atomic E-state index is 13.0. The number of nitrogens with one attached hydrogen (secondary N) is 1. The average molecular weight is 326 g/mol. The van der Waals surface area contributed by atoms with Crippen LogP contribution in [-0.2, 0) is 11.3 Å². The maximum Gasteiger partial charge on any atom is 0.244 e. The Hall–Kier alpha value is -2.14. The van der Waals surface area contributed by atoms with E-state index in [0.29, 0.717) is 12.5 Å². The normalized spacial score (nSPS) is 15.5. The largest absolute Gasteiger partial charge is 0.338 e. The number of carbonyl (C=O) groups excluding carboxylic acids is 1. The number of H-pyrrole nitrogens is 1. The number of aryl methyl sites for hydroxylation is 1. The van der Waals surface area contributed by atoms with Crippen molar-refractivity contribution in [2.24, 2.45) is 0 Å². The van der Waals surface area contributed by atoms with Crippen LogP contribution in [-0.4, -0.2) is 47.0 Å². The standard InChI is InChI=1S/C19H26N4O/c1-13-5-7-15(8-6-13)18(22(2)3)19(24)23(4)12-16-11-17(21-20-16)14-9-10-14/h5-8,11,14,18H,9-10,12H2,1-4H3,(H,20,21)/t18-/m1/s1. The van der Waals surface area contributed by atoms with Gasteiger partial charge in [0.1, 0.15) is 6.04 Å². The number of carbonyl (C=O) groups is 1. The summed E-state index contributed by atoms with van der Waals surface area (Å²) in [7, 11) is 5.74. The Morgan fingerprint density at radius 1 is 1.25 bits per heavy atom. The Bertz CT molecular complexity index is 700. The van der Waals surface area contributed by atoms with Crippen molar-refractivity contribution in [2.45, 2.75) is 38.3 Å². The van der Waals surface area contributed by atoms with Gasteiger partial charge in [0, 0.05) is 13.0 Å². The molecule has 1 aliphatic rings. The second kappa shape index (κ2) is 6.77. The van der Waals surface area contributed by atoms with Crippen LogP contribution in [0.15, 0.2) is 30.3 Å². The fourth-order valence-electron chi connectivity index (χ4n) is 3.00. The van der Waals surface area contributed by atoms with E-state index < -0.39 is 0 Å². The average Bonchev–Trinajstić information content (AvgIpc) is 3.29. The van der Waals surface area contributed by atoms with Gasteiger partial charge in [-0.2, -0.15) is 5.10 Å². The van der Waals surface area contributed by atoms with E-state index in [2.05, 4.69) is 35.3 Å². The van der Waals surface area contributed by atoms with E-state index >= 15 is 0 Å². The van der Waals surface area contributed by atoms with Crippen LogP contribution in [0.1, 0.15) is 47.3 Å². The first-order valence-electron chi connectivity index (χ1n) is 8.48. The van der Waals surface area contributed by atoms with Gasteiger partial charge in [0.15, 0.2) is 0 Å². The summed E-state index contributed by atoms with van der Waals surface area (Å²) in [6.45, 7) is 2.60. The molecule has 1 heterocycles. The molecule has 0 aliphatic heterocycles. The van der Waals surface area contributed by atoms with E-state index in [1.54, 1.807) is 4.90 Å². The van der Waals surface area contributed by atoms with Gasteiger partial charge in [-0.1, -0.05) is 29.8 Å². The molecule has 1 saturated carbocycles. The van der Waals surface area contributed by atoms with Gasteiger partial charge in [-0.15, -0.1) is 0 Å². The second-order valence-electron chi connectivity index (χ2n) is 7.06. The van der Waals surface area contributed by atoms with Gasteiger partial charge in [0.05, 0.1) is 17.9 Å². The number of rotatable bonds is 6. The molecule has 1 N–H and O–H groups in total. The van der Waals surface area contributed by atoms with Crippen LogP contribution in [0.3, 0.4) is 0 Å². The zero-order valence-corrected chi connectivity index (χ0v) is 14.9. The lowest BCUT2D eigenvalue weighted by atomic mass is 10.0. The lowest BCUT2D eigenvalue weighted by Gasteiger charge is -2.28. The van der Waals surface area contributed by atoms with Crippen LogP contribution in [0.2, 0.25) is 0 Å². The molecular weight excluding hydrogens is 300 g/mol. The summed E-state index contributed by atoms with van der Waals surface area (Å²) < 4.78 is 0. The lowest BCUT2D eigenvalue weighted by Crippen LogP contribution is -2.38. The molecule has 0 saturated heterocycles. The van der Waals surface area contributed by atoms with Crippen molar-refractivity contribution in [1.82, 2.24) is 20.0 Å². The van der Waals surface area contributed by atoms with Crippen molar-refractivity contribution in [3.8, 4) is 0 Å². The summed E-state index contributed by atoms with van der Waals surface area (Å²) in [6.07, 6.45) is 2.46. The number of aromatic nitrogens is 2. The molecule has 1 aromatic heterocycles. The first-order chi connectivity index (χ1) is 11.5. The van der Waals surface area contributed by atoms with Crippen molar-refractivity contribution in [2.75, 3.05) is 21.1 Å². The number of benzene rings is 1. The zero-order chi connectivity index (χ0) is 17.3. The molecule has 1 amide bonds. The minimum atomic E-state index is -0.276. The highest BCUT2D eigenvalue weighted by atomic mass is 16.2. The van der Waals surface area contributed by atoms with Gasteiger partial charge >= 0.3 is 0 Å². The Morgan fingerprint density at radius 2 is 1.92 bits per heavy atom. The highest BCUT2D eigenvalue weighted by Crippen LogP contribution is 2.39. The molecule has 0 bridgehead atoms. The van der Waals surface area contributed by atoms with Gasteiger partial charge in [-0.25, -0.2) is 0 Å². The van der Waals surface area contributed by atoms with Crippen molar-refractivity contribution < 1.29 is 4.79 Å². The number of likely N-dealkylation sites (N-methyl/N-ethyl adjacent to an activating group) is 2. The summed E-state index contributed by atoms with van der Waals surface area (Å²) in [5.74, 6) is 0.713. The molecule has 1 aliphatic carbocycles. The maximum atomic E-state index is 13.0. The minimum Gasteiger partial charge on any atom is -0.338 e. The van der Waals surface area contributed by atoms with Crippen LogP contribution in [0.4, 0.5) is 0 Å². The SMILES string of the molecule is Cc1ccc([C@H](C(=O)N(C)Cc2cc(C3CC3)n[nH]2)N(C)C)cc1. The van der Waals surface area contributed by atoms with Gasteiger partial charge in [-0.05, 0) is 45.5 Å². The first kappa shape index (κ1) is 16.7. The Balaban J connectivity index is 1.72. The molecule has 1 fully saturated rings. The highest BCUT2D eigenvalue weighted by Gasteiger charge is 2.28. The van der Waals surface area contributed by atoms with E-state index in [1.807, 2.05) is 38.2 Å². The number of amides is 1. The van der Waals surface area contributed by atoms with Crippen molar-refractivity contribution in [1.29, 1.82) is 0 Å². The van der Waals surface area contributed by atoms with Crippen LogP contribution in [0.5, 0.6) is 0 Å². The third kappa shape index (κ3) is 3.67. The number of hydrogen-bond acceptors (Lipinski definition) is 3. The Morgan fingerprint density at radius 3 is 2.50 bits per heavy atom. The molecule has 0 spiro atoms. The topological polar surface area (TPSA) is 52.2 Å². The summed E-state index contributed by atoms with van der Waals surface area (Å²) in [6, 6.07) is 9.99. The lowest BCUT2D eigenvalue weighted by molar-refractivity contribution is -0.135. The Labute approximate surface area is 143 Å². The van der Waals surface area contributed by atoms with E-state index in [-0.39, 0.29) is 11.9 Å². The molecule has 128 valence electrons. The minimum absolute atomic E-state index is 0.0893. The molecule has 5 heteroatoms. The van der Waals surface area contributed by atoms with E-state index in [1.165, 1.54) is 18.4 Å². The van der Waals surface area contributed by atoms with Crippen LogP contribution >= 0.6 is 0 Å². The first-order valence-corrected chi connectivity index (χ1v) is 8.48. The molecule has 1 aromatic carbocycles. The molecule has 24 heavy (non-hydrogen) atoms. The molecule has 2 aromatic rings. The van der Waals surface area contributed by atoms with Gasteiger partial charge < -0.3 is 4.90 Å². The predicted octanol–water partition coefficient (Wildman–Crippen LogP) is 2.86. The number of nitrogens with zero attached hydrogens (tertiary/aromatic N) is 3.